The monoisotopic (exact) mass is 328 g/mol. The summed E-state index contributed by atoms with van der Waals surface area (Å²) in [6.07, 6.45) is 0.183. The van der Waals surface area contributed by atoms with E-state index in [1.54, 1.807) is 0 Å². The molecule has 0 fully saturated rings. The first-order chi connectivity index (χ1) is 11.5. The maximum Gasteiger partial charge on any atom is 0.223 e. The smallest absolute Gasteiger partial charge is 0.223 e. The van der Waals surface area contributed by atoms with Crippen molar-refractivity contribution in [2.75, 3.05) is 11.4 Å². The Morgan fingerprint density at radius 3 is 2.25 bits per heavy atom. The molecule has 0 spiro atoms. The van der Waals surface area contributed by atoms with E-state index in [2.05, 4.69) is 5.32 Å². The zero-order valence-electron chi connectivity index (χ0n) is 13.9. The summed E-state index contributed by atoms with van der Waals surface area (Å²) < 4.78 is 13.0. The van der Waals surface area contributed by atoms with Crippen LogP contribution in [0.4, 0.5) is 10.1 Å². The van der Waals surface area contributed by atoms with Crippen molar-refractivity contribution in [2.45, 2.75) is 26.8 Å². The average Bonchev–Trinajstić information content (AvgIpc) is 2.56. The molecule has 2 aromatic carbocycles. The first kappa shape index (κ1) is 17.7. The van der Waals surface area contributed by atoms with Crippen molar-refractivity contribution < 1.29 is 14.0 Å². The number of hydrogen-bond donors (Lipinski definition) is 1. The lowest BCUT2D eigenvalue weighted by molar-refractivity contribution is -0.121. The lowest BCUT2D eigenvalue weighted by atomic mass is 10.1. The molecule has 4 nitrogen and oxygen atoms in total. The summed E-state index contributed by atoms with van der Waals surface area (Å²) in [7, 11) is 0. The number of rotatable bonds is 6. The maximum atomic E-state index is 13.0. The Hall–Kier alpha value is -2.69. The van der Waals surface area contributed by atoms with Crippen LogP contribution in [-0.4, -0.2) is 18.4 Å². The van der Waals surface area contributed by atoms with Crippen LogP contribution in [0.25, 0.3) is 0 Å². The fourth-order valence-corrected chi connectivity index (χ4v) is 2.30. The summed E-state index contributed by atoms with van der Waals surface area (Å²) in [5, 5.41) is 2.84. The molecule has 0 radical (unpaired) electrons. The van der Waals surface area contributed by atoms with E-state index in [9.17, 15) is 14.0 Å². The Bertz CT molecular complexity index is 696. The van der Waals surface area contributed by atoms with Gasteiger partial charge in [0, 0.05) is 32.1 Å². The normalized spacial score (nSPS) is 10.3. The molecule has 126 valence electrons. The first-order valence-electron chi connectivity index (χ1n) is 7.81. The van der Waals surface area contributed by atoms with Crippen molar-refractivity contribution in [1.29, 1.82) is 0 Å². The number of carbonyl (C=O) groups excluding carboxylic acids is 2. The van der Waals surface area contributed by atoms with E-state index >= 15 is 0 Å². The predicted molar refractivity (Wildman–Crippen MR) is 92.1 cm³/mol. The topological polar surface area (TPSA) is 49.4 Å². The number of aryl methyl sites for hydroxylation is 1. The molecular weight excluding hydrogens is 307 g/mol. The summed E-state index contributed by atoms with van der Waals surface area (Å²) in [4.78, 5) is 25.2. The second-order valence-corrected chi connectivity index (χ2v) is 5.66. The Kier molecular flexibility index (Phi) is 6.07. The minimum Gasteiger partial charge on any atom is -0.352 e. The van der Waals surface area contributed by atoms with Crippen LogP contribution in [0.3, 0.4) is 0 Å². The third kappa shape index (κ3) is 5.19. The Morgan fingerprint density at radius 2 is 1.67 bits per heavy atom. The molecule has 1 N–H and O–H groups in total. The van der Waals surface area contributed by atoms with E-state index in [1.807, 2.05) is 31.2 Å². The van der Waals surface area contributed by atoms with E-state index in [0.29, 0.717) is 12.2 Å². The highest BCUT2D eigenvalue weighted by Crippen LogP contribution is 2.15. The van der Waals surface area contributed by atoms with Crippen molar-refractivity contribution in [1.82, 2.24) is 5.32 Å². The summed E-state index contributed by atoms with van der Waals surface area (Å²) in [6.45, 7) is 4.14. The fourth-order valence-electron chi connectivity index (χ4n) is 2.30. The zero-order chi connectivity index (χ0) is 17.5. The molecule has 0 unspecified atom stereocenters. The van der Waals surface area contributed by atoms with Gasteiger partial charge in [0.1, 0.15) is 5.82 Å². The molecule has 2 rings (SSSR count). The third-order valence-corrected chi connectivity index (χ3v) is 3.69. The molecule has 0 heterocycles. The number of amides is 2. The van der Waals surface area contributed by atoms with Crippen molar-refractivity contribution in [3.8, 4) is 0 Å². The van der Waals surface area contributed by atoms with E-state index in [1.165, 1.54) is 41.7 Å². The zero-order valence-corrected chi connectivity index (χ0v) is 13.9. The number of carbonyl (C=O) groups is 2. The molecule has 0 aliphatic heterocycles. The molecule has 0 aliphatic rings. The van der Waals surface area contributed by atoms with Crippen LogP contribution in [0.5, 0.6) is 0 Å². The van der Waals surface area contributed by atoms with Crippen LogP contribution < -0.4 is 10.2 Å². The maximum absolute atomic E-state index is 13.0. The van der Waals surface area contributed by atoms with Gasteiger partial charge in [0.15, 0.2) is 0 Å². The molecule has 0 saturated heterocycles. The van der Waals surface area contributed by atoms with Crippen LogP contribution in [-0.2, 0) is 16.1 Å². The van der Waals surface area contributed by atoms with Gasteiger partial charge in [-0.1, -0.05) is 29.8 Å². The van der Waals surface area contributed by atoms with Crippen molar-refractivity contribution in [2.24, 2.45) is 0 Å². The number of nitrogens with one attached hydrogen (secondary N) is 1. The number of benzene rings is 2. The summed E-state index contributed by atoms with van der Waals surface area (Å²) in [5.41, 5.74) is 2.77. The van der Waals surface area contributed by atoms with Crippen molar-refractivity contribution >= 4 is 17.5 Å². The van der Waals surface area contributed by atoms with Gasteiger partial charge < -0.3 is 10.2 Å². The Labute approximate surface area is 141 Å². The molecule has 24 heavy (non-hydrogen) atoms. The molecule has 5 heteroatoms. The van der Waals surface area contributed by atoms with Crippen LogP contribution >= 0.6 is 0 Å². The van der Waals surface area contributed by atoms with E-state index in [-0.39, 0.29) is 30.6 Å². The summed E-state index contributed by atoms with van der Waals surface area (Å²) >= 11 is 0. The van der Waals surface area contributed by atoms with E-state index in [4.69, 9.17) is 0 Å². The van der Waals surface area contributed by atoms with Gasteiger partial charge in [-0.05, 0) is 36.8 Å². The van der Waals surface area contributed by atoms with Gasteiger partial charge in [-0.2, -0.15) is 0 Å². The van der Waals surface area contributed by atoms with Gasteiger partial charge in [0.25, 0.3) is 0 Å². The molecule has 2 amide bonds. The molecule has 0 aliphatic carbocycles. The molecule has 0 atom stereocenters. The highest BCUT2D eigenvalue weighted by atomic mass is 19.1. The third-order valence-electron chi connectivity index (χ3n) is 3.69. The predicted octanol–water partition coefficient (Wildman–Crippen LogP) is 3.19. The van der Waals surface area contributed by atoms with Gasteiger partial charge in [-0.3, -0.25) is 9.59 Å². The van der Waals surface area contributed by atoms with Crippen molar-refractivity contribution in [3.63, 3.8) is 0 Å². The second kappa shape index (κ2) is 8.24. The summed E-state index contributed by atoms with van der Waals surface area (Å²) in [5.74, 6) is -0.685. The van der Waals surface area contributed by atoms with Gasteiger partial charge in [-0.15, -0.1) is 0 Å². The van der Waals surface area contributed by atoms with Gasteiger partial charge >= 0.3 is 0 Å². The molecular formula is C19H21FN2O2. The lowest BCUT2D eigenvalue weighted by Gasteiger charge is -2.21. The number of halogens is 1. The van der Waals surface area contributed by atoms with E-state index < -0.39 is 0 Å². The van der Waals surface area contributed by atoms with Gasteiger partial charge in [0.05, 0.1) is 0 Å². The average molecular weight is 328 g/mol. The first-order valence-corrected chi connectivity index (χ1v) is 7.81. The number of hydrogen-bond acceptors (Lipinski definition) is 2. The van der Waals surface area contributed by atoms with Crippen LogP contribution in [0.2, 0.25) is 0 Å². The standard InChI is InChI=1S/C19H21FN2O2/c1-14-3-5-16(6-4-14)13-21-19(24)11-12-22(15(2)23)18-9-7-17(20)8-10-18/h3-10H,11-13H2,1-2H3,(H,21,24). The Morgan fingerprint density at radius 1 is 1.04 bits per heavy atom. The number of nitrogens with zero attached hydrogens (tertiary/aromatic N) is 1. The minimum absolute atomic E-state index is 0.135. The minimum atomic E-state index is -0.363. The second-order valence-electron chi connectivity index (χ2n) is 5.66. The van der Waals surface area contributed by atoms with Gasteiger partial charge in [0.2, 0.25) is 11.8 Å². The highest BCUT2D eigenvalue weighted by molar-refractivity contribution is 5.92. The summed E-state index contributed by atoms with van der Waals surface area (Å²) in [6, 6.07) is 13.6. The fraction of sp³-hybridized carbons (Fsp3) is 0.263. The lowest BCUT2D eigenvalue weighted by Crippen LogP contribution is -2.33. The quantitative estimate of drug-likeness (QED) is 0.885. The molecule has 0 bridgehead atoms. The molecule has 0 aromatic heterocycles. The number of anilines is 1. The van der Waals surface area contributed by atoms with Crippen LogP contribution in [0.15, 0.2) is 48.5 Å². The van der Waals surface area contributed by atoms with E-state index in [0.717, 1.165) is 5.56 Å². The Balaban J connectivity index is 1.87. The molecule has 2 aromatic rings. The highest BCUT2D eigenvalue weighted by Gasteiger charge is 2.13. The van der Waals surface area contributed by atoms with Crippen LogP contribution in [0.1, 0.15) is 24.5 Å². The van der Waals surface area contributed by atoms with Gasteiger partial charge in [-0.25, -0.2) is 4.39 Å². The van der Waals surface area contributed by atoms with Crippen LogP contribution in [0, 0.1) is 12.7 Å². The molecule has 0 saturated carbocycles. The van der Waals surface area contributed by atoms with Crippen molar-refractivity contribution in [3.05, 3.63) is 65.5 Å². The largest absolute Gasteiger partial charge is 0.352 e. The SMILES string of the molecule is CC(=O)N(CCC(=O)NCc1ccc(C)cc1)c1ccc(F)cc1.